The Morgan fingerprint density at radius 3 is 2.33 bits per heavy atom. The van der Waals surface area contributed by atoms with E-state index >= 15 is 0 Å². The van der Waals surface area contributed by atoms with E-state index in [4.69, 9.17) is 21.1 Å². The predicted octanol–water partition coefficient (Wildman–Crippen LogP) is 3.21. The van der Waals surface area contributed by atoms with Crippen LogP contribution in [0.1, 0.15) is 32.3 Å². The van der Waals surface area contributed by atoms with Crippen LogP contribution in [0.4, 0.5) is 5.69 Å². The van der Waals surface area contributed by atoms with Gasteiger partial charge in [0, 0.05) is 24.2 Å². The van der Waals surface area contributed by atoms with Crippen molar-refractivity contribution in [3.8, 4) is 11.5 Å². The summed E-state index contributed by atoms with van der Waals surface area (Å²) in [6, 6.07) is 10.9. The zero-order valence-electron chi connectivity index (χ0n) is 20.7. The minimum Gasteiger partial charge on any atom is -0.486 e. The van der Waals surface area contributed by atoms with Gasteiger partial charge in [-0.2, -0.15) is 0 Å². The van der Waals surface area contributed by atoms with Crippen molar-refractivity contribution in [3.05, 3.63) is 53.1 Å². The van der Waals surface area contributed by atoms with Crippen LogP contribution in [0.15, 0.2) is 42.5 Å². The number of halogens is 1. The number of nitrogens with zero attached hydrogens (tertiary/aromatic N) is 2. The molecule has 0 spiro atoms. The van der Waals surface area contributed by atoms with Crippen molar-refractivity contribution >= 4 is 39.1 Å². The van der Waals surface area contributed by atoms with E-state index in [-0.39, 0.29) is 18.1 Å². The first kappa shape index (κ1) is 27.6. The average molecular weight is 538 g/mol. The fraction of sp³-hybridized carbons (Fsp3) is 0.440. The Labute approximate surface area is 217 Å². The molecule has 3 rings (SSSR count). The second-order valence-corrected chi connectivity index (χ2v) is 10.8. The highest BCUT2D eigenvalue weighted by atomic mass is 35.5. The molecular weight excluding hydrogens is 506 g/mol. The third-order valence-corrected chi connectivity index (χ3v) is 7.09. The Morgan fingerprint density at radius 2 is 1.72 bits per heavy atom. The third-order valence-electron chi connectivity index (χ3n) is 5.69. The van der Waals surface area contributed by atoms with Crippen molar-refractivity contribution in [2.45, 2.75) is 39.3 Å². The lowest BCUT2D eigenvalue weighted by molar-refractivity contribution is -0.140. The molecule has 2 amide bonds. The summed E-state index contributed by atoms with van der Waals surface area (Å²) in [6.45, 7) is 4.61. The summed E-state index contributed by atoms with van der Waals surface area (Å²) in [7, 11) is -3.85. The van der Waals surface area contributed by atoms with Crippen LogP contribution in [0.3, 0.4) is 0 Å². The molecule has 0 fully saturated rings. The topological polar surface area (TPSA) is 105 Å². The molecule has 11 heteroatoms. The molecule has 0 aromatic heterocycles. The molecule has 1 heterocycles. The van der Waals surface area contributed by atoms with Crippen LogP contribution < -0.4 is 19.1 Å². The number of ether oxygens (including phenoxy) is 2. The van der Waals surface area contributed by atoms with Gasteiger partial charge in [0.25, 0.3) is 0 Å². The van der Waals surface area contributed by atoms with Crippen LogP contribution in [0, 0.1) is 0 Å². The number of sulfonamides is 1. The van der Waals surface area contributed by atoms with E-state index in [1.54, 1.807) is 36.4 Å². The Kier molecular flexibility index (Phi) is 9.44. The first-order valence-electron chi connectivity index (χ1n) is 11.8. The minimum atomic E-state index is -3.85. The molecule has 2 aromatic rings. The largest absolute Gasteiger partial charge is 0.486 e. The van der Waals surface area contributed by atoms with Crippen LogP contribution in [0.25, 0.3) is 0 Å². The van der Waals surface area contributed by atoms with E-state index in [0.717, 1.165) is 22.5 Å². The van der Waals surface area contributed by atoms with Crippen molar-refractivity contribution < 1.29 is 27.5 Å². The lowest BCUT2D eigenvalue weighted by Gasteiger charge is -2.33. The van der Waals surface area contributed by atoms with Crippen LogP contribution in [-0.2, 0) is 26.2 Å². The van der Waals surface area contributed by atoms with Crippen molar-refractivity contribution in [2.75, 3.05) is 36.9 Å². The highest BCUT2D eigenvalue weighted by Crippen LogP contribution is 2.34. The van der Waals surface area contributed by atoms with E-state index in [1.165, 1.54) is 11.0 Å². The molecule has 0 saturated carbocycles. The van der Waals surface area contributed by atoms with Gasteiger partial charge in [0.05, 0.1) is 11.9 Å². The van der Waals surface area contributed by atoms with E-state index in [0.29, 0.717) is 42.7 Å². The van der Waals surface area contributed by atoms with Gasteiger partial charge in [-0.15, -0.1) is 0 Å². The molecule has 0 bridgehead atoms. The molecule has 196 valence electrons. The highest BCUT2D eigenvalue weighted by Gasteiger charge is 2.32. The molecule has 0 radical (unpaired) electrons. The number of benzene rings is 2. The molecule has 1 N–H and O–H groups in total. The van der Waals surface area contributed by atoms with Gasteiger partial charge in [-0.1, -0.05) is 37.6 Å². The zero-order valence-corrected chi connectivity index (χ0v) is 22.3. The quantitative estimate of drug-likeness (QED) is 0.472. The van der Waals surface area contributed by atoms with Gasteiger partial charge < -0.3 is 19.7 Å². The van der Waals surface area contributed by atoms with Gasteiger partial charge in [0.15, 0.2) is 11.5 Å². The van der Waals surface area contributed by atoms with Gasteiger partial charge in [-0.3, -0.25) is 13.9 Å². The summed E-state index contributed by atoms with van der Waals surface area (Å²) in [4.78, 5) is 28.0. The summed E-state index contributed by atoms with van der Waals surface area (Å²) in [6.07, 6.45) is 2.14. The van der Waals surface area contributed by atoms with E-state index < -0.39 is 28.5 Å². The molecule has 1 aliphatic rings. The number of rotatable bonds is 11. The van der Waals surface area contributed by atoms with Gasteiger partial charge in [0.2, 0.25) is 21.8 Å². The van der Waals surface area contributed by atoms with Crippen molar-refractivity contribution in [3.63, 3.8) is 0 Å². The molecular formula is C25H32ClN3O6S. The third kappa shape index (κ3) is 7.04. The molecule has 0 unspecified atom stereocenters. The minimum absolute atomic E-state index is 0.118. The number of nitrogens with one attached hydrogen (secondary N) is 1. The van der Waals surface area contributed by atoms with Gasteiger partial charge in [0.1, 0.15) is 25.8 Å². The second-order valence-electron chi connectivity index (χ2n) is 8.46. The van der Waals surface area contributed by atoms with Crippen LogP contribution in [-0.4, -0.2) is 63.7 Å². The van der Waals surface area contributed by atoms with Crippen molar-refractivity contribution in [1.82, 2.24) is 10.2 Å². The van der Waals surface area contributed by atoms with Crippen LogP contribution >= 0.6 is 11.6 Å². The standard InChI is InChI=1S/C25H32ClN3O6S/c1-4-12-27-25(31)21(5-2)28(16-18-6-8-19(26)9-7-18)24(30)17-29(36(3,32)33)20-10-11-22-23(15-20)35-14-13-34-22/h6-11,15,21H,4-5,12-14,16-17H2,1-3H3,(H,27,31)/t21-/m0/s1. The lowest BCUT2D eigenvalue weighted by atomic mass is 10.1. The maximum Gasteiger partial charge on any atom is 0.244 e. The highest BCUT2D eigenvalue weighted by molar-refractivity contribution is 7.92. The van der Waals surface area contributed by atoms with E-state index in [9.17, 15) is 18.0 Å². The molecule has 0 aliphatic carbocycles. The molecule has 9 nitrogen and oxygen atoms in total. The first-order chi connectivity index (χ1) is 17.1. The number of carbonyl (C=O) groups excluding carboxylic acids is 2. The molecule has 2 aromatic carbocycles. The number of hydrogen-bond acceptors (Lipinski definition) is 6. The van der Waals surface area contributed by atoms with Crippen LogP contribution in [0.2, 0.25) is 5.02 Å². The Bertz CT molecular complexity index is 1170. The number of hydrogen-bond donors (Lipinski definition) is 1. The van der Waals surface area contributed by atoms with Crippen LogP contribution in [0.5, 0.6) is 11.5 Å². The number of carbonyl (C=O) groups is 2. The maximum absolute atomic E-state index is 13.7. The Morgan fingerprint density at radius 1 is 1.06 bits per heavy atom. The Balaban J connectivity index is 1.93. The fourth-order valence-corrected chi connectivity index (χ4v) is 4.84. The summed E-state index contributed by atoms with van der Waals surface area (Å²) in [5.41, 5.74) is 1.03. The fourth-order valence-electron chi connectivity index (χ4n) is 3.87. The zero-order chi connectivity index (χ0) is 26.3. The summed E-state index contributed by atoms with van der Waals surface area (Å²) in [5.74, 6) is 0.117. The second kappa shape index (κ2) is 12.3. The van der Waals surface area contributed by atoms with Gasteiger partial charge in [-0.25, -0.2) is 8.42 Å². The average Bonchev–Trinajstić information content (AvgIpc) is 2.85. The SMILES string of the molecule is CCCNC(=O)[C@H](CC)N(Cc1ccc(Cl)cc1)C(=O)CN(c1ccc2c(c1)OCCO2)S(C)(=O)=O. The Hall–Kier alpha value is -2.98. The van der Waals surface area contributed by atoms with Gasteiger partial charge >= 0.3 is 0 Å². The van der Waals surface area contributed by atoms with E-state index in [2.05, 4.69) is 5.32 Å². The van der Waals surface area contributed by atoms with Crippen molar-refractivity contribution in [2.24, 2.45) is 0 Å². The first-order valence-corrected chi connectivity index (χ1v) is 14.1. The van der Waals surface area contributed by atoms with Crippen molar-refractivity contribution in [1.29, 1.82) is 0 Å². The number of amides is 2. The van der Waals surface area contributed by atoms with Gasteiger partial charge in [-0.05, 0) is 42.7 Å². The molecule has 36 heavy (non-hydrogen) atoms. The maximum atomic E-state index is 13.7. The normalized spacial score (nSPS) is 13.6. The summed E-state index contributed by atoms with van der Waals surface area (Å²) in [5, 5.41) is 3.39. The number of fused-ring (bicyclic) bond motifs is 1. The number of anilines is 1. The lowest BCUT2D eigenvalue weighted by Crippen LogP contribution is -2.52. The monoisotopic (exact) mass is 537 g/mol. The molecule has 0 saturated heterocycles. The summed E-state index contributed by atoms with van der Waals surface area (Å²) >= 11 is 6.01. The molecule has 1 atom stereocenters. The smallest absolute Gasteiger partial charge is 0.244 e. The molecule has 1 aliphatic heterocycles. The predicted molar refractivity (Wildman–Crippen MR) is 139 cm³/mol. The summed E-state index contributed by atoms with van der Waals surface area (Å²) < 4.78 is 37.6. The van der Waals surface area contributed by atoms with E-state index in [1.807, 2.05) is 13.8 Å².